The minimum Gasteiger partial charge on any atom is -0.449 e. The van der Waals surface area contributed by atoms with Crippen molar-refractivity contribution in [3.05, 3.63) is 35.9 Å². The first-order valence-corrected chi connectivity index (χ1v) is 10.1. The molecule has 1 aliphatic heterocycles. The number of benzene rings is 1. The Morgan fingerprint density at radius 2 is 1.76 bits per heavy atom. The topological polar surface area (TPSA) is 91.0 Å². The molecule has 2 rings (SSSR count). The minimum atomic E-state index is -0.514. The summed E-state index contributed by atoms with van der Waals surface area (Å²) >= 11 is 0. The van der Waals surface area contributed by atoms with Gasteiger partial charge in [-0.15, -0.1) is 0 Å². The Morgan fingerprint density at radius 3 is 2.45 bits per heavy atom. The van der Waals surface area contributed by atoms with Crippen LogP contribution in [0.4, 0.5) is 9.59 Å². The van der Waals surface area contributed by atoms with E-state index in [1.54, 1.807) is 11.8 Å². The van der Waals surface area contributed by atoms with Crippen LogP contribution in [0.5, 0.6) is 0 Å². The molecule has 0 aliphatic carbocycles. The van der Waals surface area contributed by atoms with Gasteiger partial charge in [-0.25, -0.2) is 9.59 Å². The van der Waals surface area contributed by atoms with Crippen molar-refractivity contribution in [3.63, 3.8) is 0 Å². The molecule has 1 saturated heterocycles. The molecule has 0 spiro atoms. The maximum absolute atomic E-state index is 12.5. The van der Waals surface area contributed by atoms with Crippen LogP contribution >= 0.6 is 0 Å². The fourth-order valence-electron chi connectivity index (χ4n) is 3.04. The first-order valence-electron chi connectivity index (χ1n) is 10.1. The minimum absolute atomic E-state index is 0.291. The van der Waals surface area contributed by atoms with Crippen molar-refractivity contribution in [2.45, 2.75) is 39.8 Å². The highest BCUT2D eigenvalue weighted by Gasteiger charge is 2.27. The molecule has 29 heavy (non-hydrogen) atoms. The van der Waals surface area contributed by atoms with Gasteiger partial charge in [-0.2, -0.15) is 0 Å². The average Bonchev–Trinajstić information content (AvgIpc) is 2.97. The van der Waals surface area contributed by atoms with Gasteiger partial charge < -0.3 is 15.0 Å². The summed E-state index contributed by atoms with van der Waals surface area (Å²) < 4.78 is 5.29. The summed E-state index contributed by atoms with van der Waals surface area (Å²) in [6, 6.07) is 8.51. The zero-order valence-corrected chi connectivity index (χ0v) is 17.5. The molecule has 8 heteroatoms. The van der Waals surface area contributed by atoms with E-state index in [4.69, 9.17) is 4.74 Å². The second-order valence-corrected chi connectivity index (χ2v) is 7.68. The largest absolute Gasteiger partial charge is 0.449 e. The molecular formula is C21H32N4O4. The Hall–Kier alpha value is -2.61. The summed E-state index contributed by atoms with van der Waals surface area (Å²) in [7, 11) is 0. The molecule has 0 aromatic heterocycles. The number of nitrogens with one attached hydrogen (secondary N) is 2. The third-order valence-electron chi connectivity index (χ3n) is 4.79. The van der Waals surface area contributed by atoms with Gasteiger partial charge in [-0.1, -0.05) is 44.2 Å². The molecule has 160 valence electrons. The third kappa shape index (κ3) is 7.73. The first-order chi connectivity index (χ1) is 13.9. The van der Waals surface area contributed by atoms with E-state index in [0.717, 1.165) is 12.0 Å². The van der Waals surface area contributed by atoms with Gasteiger partial charge in [0.2, 0.25) is 5.91 Å². The van der Waals surface area contributed by atoms with E-state index in [1.165, 1.54) is 0 Å². The number of imide groups is 1. The van der Waals surface area contributed by atoms with Crippen molar-refractivity contribution in [2.24, 2.45) is 5.92 Å². The summed E-state index contributed by atoms with van der Waals surface area (Å²) in [6.07, 6.45) is 0.437. The van der Waals surface area contributed by atoms with E-state index in [9.17, 15) is 14.4 Å². The number of nitrogens with zero attached hydrogens (tertiary/aromatic N) is 2. The lowest BCUT2D eigenvalue weighted by Gasteiger charge is -2.26. The number of rotatable bonds is 6. The van der Waals surface area contributed by atoms with E-state index >= 15 is 0 Å². The fraction of sp³-hybridized carbons (Fsp3) is 0.571. The molecule has 2 N–H and O–H groups in total. The Balaban J connectivity index is 1.77. The third-order valence-corrected chi connectivity index (χ3v) is 4.79. The van der Waals surface area contributed by atoms with Crippen molar-refractivity contribution in [2.75, 3.05) is 32.8 Å². The van der Waals surface area contributed by atoms with Gasteiger partial charge in [0.1, 0.15) is 0 Å². The van der Waals surface area contributed by atoms with Crippen LogP contribution in [0.2, 0.25) is 0 Å². The molecule has 8 nitrogen and oxygen atoms in total. The Kier molecular flexibility index (Phi) is 8.92. The van der Waals surface area contributed by atoms with Crippen LogP contribution in [0.1, 0.15) is 32.8 Å². The highest BCUT2D eigenvalue weighted by molar-refractivity contribution is 5.96. The highest BCUT2D eigenvalue weighted by Crippen LogP contribution is 2.09. The molecule has 0 saturated carbocycles. The van der Waals surface area contributed by atoms with Gasteiger partial charge in [0.25, 0.3) is 0 Å². The molecule has 1 unspecified atom stereocenters. The quantitative estimate of drug-likeness (QED) is 0.759. The SMILES string of the molecule is CC(C)COC(=O)N1CCCN(C(C)C(=O)NC(=O)NCc2ccccc2)CC1. The van der Waals surface area contributed by atoms with Crippen molar-refractivity contribution < 1.29 is 19.1 Å². The average molecular weight is 405 g/mol. The smallest absolute Gasteiger partial charge is 0.409 e. The Morgan fingerprint density at radius 1 is 1.03 bits per heavy atom. The number of carbonyl (C=O) groups is 3. The van der Waals surface area contributed by atoms with Crippen molar-refractivity contribution in [3.8, 4) is 0 Å². The number of carbonyl (C=O) groups excluding carboxylic acids is 3. The summed E-state index contributed by atoms with van der Waals surface area (Å²) in [5, 5.41) is 5.08. The normalized spacial score (nSPS) is 16.1. The summed E-state index contributed by atoms with van der Waals surface area (Å²) in [4.78, 5) is 40.3. The van der Waals surface area contributed by atoms with Crippen LogP contribution in [-0.4, -0.2) is 66.7 Å². The standard InChI is InChI=1S/C21H32N4O4/c1-16(2)15-29-21(28)25-11-7-10-24(12-13-25)17(3)19(26)23-20(27)22-14-18-8-5-4-6-9-18/h4-6,8-9,16-17H,7,10-15H2,1-3H3,(H2,22,23,26,27). The molecule has 1 fully saturated rings. The van der Waals surface area contributed by atoms with Crippen LogP contribution in [0.15, 0.2) is 30.3 Å². The molecular weight excluding hydrogens is 372 g/mol. The number of ether oxygens (including phenoxy) is 1. The molecule has 1 aromatic carbocycles. The summed E-state index contributed by atoms with van der Waals surface area (Å²) in [5.74, 6) is -0.0643. The van der Waals surface area contributed by atoms with Crippen LogP contribution in [0.3, 0.4) is 0 Å². The number of hydrogen-bond acceptors (Lipinski definition) is 5. The summed E-state index contributed by atoms with van der Waals surface area (Å²) in [6.45, 7) is 8.83. The van der Waals surface area contributed by atoms with E-state index < -0.39 is 12.1 Å². The second kappa shape index (κ2) is 11.4. The van der Waals surface area contributed by atoms with Gasteiger partial charge in [0.15, 0.2) is 0 Å². The van der Waals surface area contributed by atoms with Gasteiger partial charge in [-0.3, -0.25) is 15.0 Å². The van der Waals surface area contributed by atoms with Crippen molar-refractivity contribution >= 4 is 18.0 Å². The van der Waals surface area contributed by atoms with Crippen LogP contribution < -0.4 is 10.6 Å². The fourth-order valence-corrected chi connectivity index (χ4v) is 3.04. The van der Waals surface area contributed by atoms with E-state index in [0.29, 0.717) is 45.2 Å². The monoisotopic (exact) mass is 404 g/mol. The molecule has 0 bridgehead atoms. The first kappa shape index (κ1) is 22.7. The number of amides is 4. The molecule has 0 radical (unpaired) electrons. The van der Waals surface area contributed by atoms with Gasteiger partial charge in [0, 0.05) is 32.7 Å². The van der Waals surface area contributed by atoms with Gasteiger partial charge in [-0.05, 0) is 24.8 Å². The van der Waals surface area contributed by atoms with Crippen LogP contribution in [0.25, 0.3) is 0 Å². The molecule has 4 amide bonds. The summed E-state index contributed by atoms with van der Waals surface area (Å²) in [5.41, 5.74) is 0.958. The number of hydrogen-bond donors (Lipinski definition) is 2. The van der Waals surface area contributed by atoms with E-state index in [1.807, 2.05) is 49.1 Å². The lowest BCUT2D eigenvalue weighted by Crippen LogP contribution is -2.50. The number of urea groups is 1. The maximum Gasteiger partial charge on any atom is 0.409 e. The Bertz CT molecular complexity index is 681. The highest BCUT2D eigenvalue weighted by atomic mass is 16.6. The molecule has 1 aliphatic rings. The van der Waals surface area contributed by atoms with Crippen LogP contribution in [0, 0.1) is 5.92 Å². The predicted molar refractivity (Wildman–Crippen MR) is 110 cm³/mol. The van der Waals surface area contributed by atoms with E-state index in [2.05, 4.69) is 10.6 Å². The predicted octanol–water partition coefficient (Wildman–Crippen LogP) is 2.20. The maximum atomic E-state index is 12.5. The van der Waals surface area contributed by atoms with Crippen molar-refractivity contribution in [1.29, 1.82) is 0 Å². The second-order valence-electron chi connectivity index (χ2n) is 7.68. The lowest BCUT2D eigenvalue weighted by molar-refractivity contribution is -0.124. The van der Waals surface area contributed by atoms with Gasteiger partial charge in [0.05, 0.1) is 12.6 Å². The van der Waals surface area contributed by atoms with E-state index in [-0.39, 0.29) is 12.0 Å². The van der Waals surface area contributed by atoms with Gasteiger partial charge >= 0.3 is 12.1 Å². The molecule has 1 atom stereocenters. The zero-order chi connectivity index (χ0) is 21.2. The zero-order valence-electron chi connectivity index (χ0n) is 17.5. The van der Waals surface area contributed by atoms with Crippen LogP contribution in [-0.2, 0) is 16.1 Å². The molecule has 1 aromatic rings. The lowest BCUT2D eigenvalue weighted by atomic mass is 10.2. The molecule has 1 heterocycles. The Labute approximate surface area is 172 Å². The van der Waals surface area contributed by atoms with Crippen molar-refractivity contribution in [1.82, 2.24) is 20.4 Å².